The molecular formula is C58H99NO7. The first-order chi connectivity index (χ1) is 32.2. The largest absolute Gasteiger partial charge is 0.462 e. The van der Waals surface area contributed by atoms with Gasteiger partial charge in [-0.2, -0.15) is 0 Å². The Morgan fingerprint density at radius 3 is 1.61 bits per heavy atom. The Labute approximate surface area is 405 Å². The lowest BCUT2D eigenvalue weighted by Crippen LogP contribution is -2.28. The molecule has 8 nitrogen and oxygen atoms in total. The number of hydrogen-bond acceptors (Lipinski definition) is 8. The molecule has 0 radical (unpaired) electrons. The first-order valence-electron chi connectivity index (χ1n) is 27.2. The molecule has 0 aromatic heterocycles. The number of carbonyl (C=O) groups is 4. The Balaban J connectivity index is 2.61. The van der Waals surface area contributed by atoms with Gasteiger partial charge in [0.05, 0.1) is 0 Å². The molecule has 378 valence electrons. The summed E-state index contributed by atoms with van der Waals surface area (Å²) in [6.45, 7) is 7.38. The van der Waals surface area contributed by atoms with E-state index >= 15 is 0 Å². The van der Waals surface area contributed by atoms with E-state index in [-0.39, 0.29) is 54.7 Å². The van der Waals surface area contributed by atoms with Crippen molar-refractivity contribution in [3.05, 3.63) is 60.8 Å². The molecule has 1 saturated carbocycles. The lowest BCUT2D eigenvalue weighted by molar-refractivity contribution is -0.160. The summed E-state index contributed by atoms with van der Waals surface area (Å²) in [6, 6.07) is 0. The molecule has 8 heteroatoms. The van der Waals surface area contributed by atoms with E-state index in [1.807, 2.05) is 14.1 Å². The number of rotatable bonds is 44. The van der Waals surface area contributed by atoms with E-state index in [4.69, 9.17) is 14.2 Å². The highest BCUT2D eigenvalue weighted by atomic mass is 16.6. The first-order valence-corrected chi connectivity index (χ1v) is 27.2. The lowest BCUT2D eigenvalue weighted by Gasteiger charge is -2.24. The Bertz CT molecular complexity index is 1360. The van der Waals surface area contributed by atoms with E-state index in [0.717, 1.165) is 129 Å². The molecule has 0 amide bonds. The molecule has 1 rings (SSSR count). The maximum absolute atomic E-state index is 13.5. The minimum absolute atomic E-state index is 0.0278. The van der Waals surface area contributed by atoms with Crippen LogP contribution >= 0.6 is 0 Å². The summed E-state index contributed by atoms with van der Waals surface area (Å²) in [6.07, 6.45) is 52.2. The zero-order chi connectivity index (χ0) is 48.1. The molecule has 0 saturated heterocycles. The molecule has 0 aromatic carbocycles. The zero-order valence-corrected chi connectivity index (χ0v) is 43.1. The van der Waals surface area contributed by atoms with E-state index < -0.39 is 6.10 Å². The maximum atomic E-state index is 13.5. The summed E-state index contributed by atoms with van der Waals surface area (Å²) in [5, 5.41) is 0. The van der Waals surface area contributed by atoms with Gasteiger partial charge in [0.25, 0.3) is 0 Å². The van der Waals surface area contributed by atoms with Crippen molar-refractivity contribution in [2.45, 2.75) is 245 Å². The summed E-state index contributed by atoms with van der Waals surface area (Å²) in [4.78, 5) is 54.2. The second kappa shape index (κ2) is 44.3. The van der Waals surface area contributed by atoms with Gasteiger partial charge in [-0.15, -0.1) is 0 Å². The third-order valence-corrected chi connectivity index (χ3v) is 12.6. The van der Waals surface area contributed by atoms with Crippen LogP contribution in [0.3, 0.4) is 0 Å². The number of carbonyl (C=O) groups excluding carboxylic acids is 4. The molecule has 1 fully saturated rings. The van der Waals surface area contributed by atoms with Crippen LogP contribution in [-0.4, -0.2) is 68.0 Å². The monoisotopic (exact) mass is 922 g/mol. The van der Waals surface area contributed by atoms with Crippen molar-refractivity contribution in [3.63, 3.8) is 0 Å². The summed E-state index contributed by atoms with van der Waals surface area (Å²) in [5.74, 6) is -0.405. The van der Waals surface area contributed by atoms with Gasteiger partial charge in [-0.1, -0.05) is 146 Å². The van der Waals surface area contributed by atoms with E-state index in [2.05, 4.69) is 86.4 Å². The fourth-order valence-corrected chi connectivity index (χ4v) is 8.60. The van der Waals surface area contributed by atoms with Crippen molar-refractivity contribution in [2.24, 2.45) is 11.8 Å². The Kier molecular flexibility index (Phi) is 40.7. The second-order valence-corrected chi connectivity index (χ2v) is 19.1. The molecule has 0 heterocycles. The van der Waals surface area contributed by atoms with Crippen molar-refractivity contribution in [1.29, 1.82) is 0 Å². The van der Waals surface area contributed by atoms with Crippen LogP contribution in [0.4, 0.5) is 0 Å². The van der Waals surface area contributed by atoms with Crippen LogP contribution < -0.4 is 0 Å². The van der Waals surface area contributed by atoms with E-state index in [1.54, 1.807) is 0 Å². The molecule has 0 aliphatic heterocycles. The first kappa shape index (κ1) is 60.8. The lowest BCUT2D eigenvalue weighted by atomic mass is 9.86. The average Bonchev–Trinajstić information content (AvgIpc) is 3.66. The van der Waals surface area contributed by atoms with Crippen LogP contribution in [0.1, 0.15) is 233 Å². The smallest absolute Gasteiger partial charge is 0.306 e. The number of unbranched alkanes of at least 4 members (excludes halogenated alkanes) is 16. The number of Topliss-reactive ketones (excluding diaryl/α,β-unsaturated/α-hetero) is 1. The second-order valence-electron chi connectivity index (χ2n) is 19.1. The molecule has 4 unspecified atom stereocenters. The van der Waals surface area contributed by atoms with Crippen LogP contribution in [0.5, 0.6) is 0 Å². The highest BCUT2D eigenvalue weighted by molar-refractivity contribution is 5.79. The topological polar surface area (TPSA) is 99.2 Å². The molecule has 4 atom stereocenters. The SMILES string of the molecule is CC/C=C\CC1C(CC(=O)CCC(COC(=O)CCCCCCC/C=C\C/C=C\CCCCC)OC(=O)CCCCCCC/C=C\C/C=C\CCCCC)CCC1OC(=O)CCCN(C)C. The highest BCUT2D eigenvalue weighted by Crippen LogP contribution is 2.39. The fourth-order valence-electron chi connectivity index (χ4n) is 8.60. The number of nitrogens with zero attached hydrogens (tertiary/aromatic N) is 1. The highest BCUT2D eigenvalue weighted by Gasteiger charge is 2.38. The van der Waals surface area contributed by atoms with Crippen molar-refractivity contribution in [2.75, 3.05) is 27.2 Å². The predicted molar refractivity (Wildman–Crippen MR) is 276 cm³/mol. The van der Waals surface area contributed by atoms with Crippen molar-refractivity contribution >= 4 is 23.7 Å². The van der Waals surface area contributed by atoms with Gasteiger partial charge in [0.15, 0.2) is 0 Å². The quantitative estimate of drug-likeness (QED) is 0.0258. The fraction of sp³-hybridized carbons (Fsp3) is 0.759. The molecular weight excluding hydrogens is 823 g/mol. The summed E-state index contributed by atoms with van der Waals surface area (Å²) in [5.41, 5.74) is 0. The molecule has 1 aliphatic rings. The van der Waals surface area contributed by atoms with Gasteiger partial charge in [-0.3, -0.25) is 19.2 Å². The van der Waals surface area contributed by atoms with Gasteiger partial charge in [0.2, 0.25) is 0 Å². The van der Waals surface area contributed by atoms with Gasteiger partial charge < -0.3 is 19.1 Å². The minimum Gasteiger partial charge on any atom is -0.462 e. The Morgan fingerprint density at radius 2 is 1.06 bits per heavy atom. The molecule has 0 aromatic rings. The predicted octanol–water partition coefficient (Wildman–Crippen LogP) is 15.4. The summed E-state index contributed by atoms with van der Waals surface area (Å²) in [7, 11) is 4.00. The third kappa shape index (κ3) is 36.8. The average molecular weight is 922 g/mol. The molecule has 66 heavy (non-hydrogen) atoms. The van der Waals surface area contributed by atoms with Gasteiger partial charge in [-0.25, -0.2) is 0 Å². The zero-order valence-electron chi connectivity index (χ0n) is 43.1. The van der Waals surface area contributed by atoms with Crippen molar-refractivity contribution < 1.29 is 33.4 Å². The number of ketones is 1. The Hall–Kier alpha value is -3.26. The molecule has 1 aliphatic carbocycles. The molecule has 0 bridgehead atoms. The number of esters is 3. The van der Waals surface area contributed by atoms with Crippen LogP contribution in [0.2, 0.25) is 0 Å². The normalized spacial score (nSPS) is 17.1. The molecule has 0 N–H and O–H groups in total. The van der Waals surface area contributed by atoms with Crippen LogP contribution in [0, 0.1) is 11.8 Å². The maximum Gasteiger partial charge on any atom is 0.306 e. The van der Waals surface area contributed by atoms with Crippen molar-refractivity contribution in [1.82, 2.24) is 4.90 Å². The Morgan fingerprint density at radius 1 is 0.545 bits per heavy atom. The number of hydrogen-bond donors (Lipinski definition) is 0. The van der Waals surface area contributed by atoms with E-state index in [0.29, 0.717) is 32.1 Å². The van der Waals surface area contributed by atoms with Crippen LogP contribution in [0.15, 0.2) is 60.8 Å². The van der Waals surface area contributed by atoms with Gasteiger partial charge >= 0.3 is 17.9 Å². The summed E-state index contributed by atoms with van der Waals surface area (Å²) >= 11 is 0. The summed E-state index contributed by atoms with van der Waals surface area (Å²) < 4.78 is 17.6. The number of ether oxygens (including phenoxy) is 3. The minimum atomic E-state index is -0.657. The van der Waals surface area contributed by atoms with E-state index in [9.17, 15) is 19.2 Å². The van der Waals surface area contributed by atoms with Gasteiger partial charge in [0.1, 0.15) is 24.6 Å². The van der Waals surface area contributed by atoms with Crippen LogP contribution in [-0.2, 0) is 33.4 Å². The van der Waals surface area contributed by atoms with E-state index in [1.165, 1.54) is 51.4 Å². The third-order valence-electron chi connectivity index (χ3n) is 12.6. The van der Waals surface area contributed by atoms with Gasteiger partial charge in [0, 0.05) is 38.0 Å². The van der Waals surface area contributed by atoms with Gasteiger partial charge in [-0.05, 0) is 142 Å². The number of allylic oxidation sites excluding steroid dienone is 10. The standard InChI is InChI=1S/C58H99NO7/c1-6-9-12-14-16-18-20-22-24-26-28-30-32-34-37-41-56(61)64-50-53(65-57(62)42-38-35-33-31-29-27-25-23-21-19-17-15-13-10-7-2)46-45-52(60)49-51-44-47-55(54(51)40-36-11-8-3)66-58(63)43-39-48-59(4)5/h11,16-19,22-25,36,51,53-55H,6-10,12-15,20-21,26-35,37-50H2,1-5H3/b18-16-,19-17-,24-22-,25-23-,36-11-. The molecule has 0 spiro atoms. The van der Waals surface area contributed by atoms with Crippen LogP contribution in [0.25, 0.3) is 0 Å². The van der Waals surface area contributed by atoms with Crippen molar-refractivity contribution in [3.8, 4) is 0 Å².